The molecule has 0 radical (unpaired) electrons. The molecule has 1 aromatic carbocycles. The molecule has 1 aliphatic heterocycles. The number of hydrogen-bond donors (Lipinski definition) is 1. The molecule has 4 rings (SSSR count). The van der Waals surface area contributed by atoms with Gasteiger partial charge in [0.1, 0.15) is 0 Å². The van der Waals surface area contributed by atoms with Crippen molar-refractivity contribution in [1.82, 2.24) is 14.8 Å². The molecule has 4 nitrogen and oxygen atoms in total. The molecule has 158 valence electrons. The molecule has 0 fully saturated rings. The molecule has 2 atom stereocenters. The minimum atomic E-state index is -3.11. The van der Waals surface area contributed by atoms with E-state index < -0.39 is 12.3 Å². The molecule has 0 spiro atoms. The van der Waals surface area contributed by atoms with Gasteiger partial charge in [-0.05, 0) is 50.1 Å². The van der Waals surface area contributed by atoms with Gasteiger partial charge >= 0.3 is 49.6 Å². The Kier molecular flexibility index (Phi) is 7.70. The molecule has 0 saturated carbocycles. The third kappa shape index (κ3) is 5.35. The number of halogens is 4. The van der Waals surface area contributed by atoms with Gasteiger partial charge in [-0.3, -0.25) is 9.69 Å². The van der Waals surface area contributed by atoms with Crippen LogP contribution in [0.2, 0.25) is 0 Å². The quantitative estimate of drug-likeness (QED) is 0.539. The zero-order chi connectivity index (χ0) is 21.3. The summed E-state index contributed by atoms with van der Waals surface area (Å²) in [5, 5.41) is 1.34. The van der Waals surface area contributed by atoms with Gasteiger partial charge in [-0.2, -0.15) is 0 Å². The molecule has 1 aromatic heterocycles. The van der Waals surface area contributed by atoms with Crippen LogP contribution in [0.4, 0.5) is 0 Å². The summed E-state index contributed by atoms with van der Waals surface area (Å²) in [4.78, 5) is 20.6. The van der Waals surface area contributed by atoms with E-state index in [1.165, 1.54) is 27.6 Å². The monoisotopic (exact) mass is 511 g/mol. The Balaban J connectivity index is 0.000000431. The number of benzene rings is 1. The minimum absolute atomic E-state index is 0.0445. The van der Waals surface area contributed by atoms with E-state index in [0.29, 0.717) is 6.04 Å². The third-order valence-electron chi connectivity index (χ3n) is 5.66. The SMILES string of the molecule is CCN(CC)C(=O)[C@@H]1C=C2c3cccc4[nH]cc(c34)C[C@H]2N(C)C1.[Cl][Ti]([Cl])([Cl])[Cl]. The van der Waals surface area contributed by atoms with Crippen molar-refractivity contribution in [2.75, 3.05) is 26.7 Å². The second-order valence-corrected chi connectivity index (χ2v) is 22.8. The molecular weight excluding hydrogens is 488 g/mol. The van der Waals surface area contributed by atoms with E-state index in [1.54, 1.807) is 0 Å². The van der Waals surface area contributed by atoms with Gasteiger partial charge in [0.15, 0.2) is 0 Å². The Morgan fingerprint density at radius 2 is 1.90 bits per heavy atom. The van der Waals surface area contributed by atoms with Crippen LogP contribution in [-0.4, -0.2) is 53.4 Å². The van der Waals surface area contributed by atoms with E-state index in [0.717, 1.165) is 26.1 Å². The molecule has 1 aliphatic carbocycles. The molecule has 2 aromatic rings. The van der Waals surface area contributed by atoms with Crippen molar-refractivity contribution in [2.24, 2.45) is 5.92 Å². The van der Waals surface area contributed by atoms with Gasteiger partial charge in [-0.25, -0.2) is 0 Å². The normalized spacial score (nSPS) is 21.1. The van der Waals surface area contributed by atoms with Crippen LogP contribution in [-0.2, 0) is 23.6 Å². The van der Waals surface area contributed by atoms with Crippen LogP contribution in [0.15, 0.2) is 30.5 Å². The number of H-pyrrole nitrogens is 1. The van der Waals surface area contributed by atoms with Crippen LogP contribution in [0.25, 0.3) is 16.5 Å². The molecule has 1 N–H and O–H groups in total. The first-order valence-corrected chi connectivity index (χ1v) is 18.3. The van der Waals surface area contributed by atoms with E-state index in [2.05, 4.69) is 61.3 Å². The fourth-order valence-electron chi connectivity index (χ4n) is 4.38. The summed E-state index contributed by atoms with van der Waals surface area (Å²) in [7, 11) is 22.2. The summed E-state index contributed by atoms with van der Waals surface area (Å²) in [5.74, 6) is 0.210. The fourth-order valence-corrected chi connectivity index (χ4v) is 4.38. The van der Waals surface area contributed by atoms with Crippen molar-refractivity contribution >= 4 is 59.6 Å². The second-order valence-electron chi connectivity index (χ2n) is 7.37. The number of nitrogens with one attached hydrogen (secondary N) is 1. The first kappa shape index (κ1) is 23.5. The summed E-state index contributed by atoms with van der Waals surface area (Å²) in [6, 6.07) is 6.82. The first-order chi connectivity index (χ1) is 13.6. The Hall–Kier alpha value is -0.196. The van der Waals surface area contributed by atoms with E-state index in [4.69, 9.17) is 37.2 Å². The molecular formula is C20H25Cl4N3OTi. The Bertz CT molecular complexity index is 914. The number of amides is 1. The summed E-state index contributed by atoms with van der Waals surface area (Å²) >= 11 is -3.11. The zero-order valence-corrected chi connectivity index (χ0v) is 21.3. The number of aromatic amines is 1. The van der Waals surface area contributed by atoms with E-state index in [1.807, 2.05) is 4.90 Å². The van der Waals surface area contributed by atoms with Crippen molar-refractivity contribution in [3.05, 3.63) is 41.6 Å². The summed E-state index contributed by atoms with van der Waals surface area (Å²) in [6.07, 6.45) is 5.41. The average Bonchev–Trinajstić information content (AvgIpc) is 3.06. The Morgan fingerprint density at radius 1 is 1.24 bits per heavy atom. The van der Waals surface area contributed by atoms with Crippen LogP contribution >= 0.6 is 37.2 Å². The first-order valence-electron chi connectivity index (χ1n) is 9.69. The maximum absolute atomic E-state index is 12.9. The van der Waals surface area contributed by atoms with Crippen LogP contribution in [0.5, 0.6) is 0 Å². The molecule has 1 amide bonds. The topological polar surface area (TPSA) is 39.3 Å². The van der Waals surface area contributed by atoms with Crippen molar-refractivity contribution in [3.63, 3.8) is 0 Å². The summed E-state index contributed by atoms with van der Waals surface area (Å²) < 4.78 is 0. The number of nitrogens with zero attached hydrogens (tertiary/aromatic N) is 2. The van der Waals surface area contributed by atoms with Crippen LogP contribution < -0.4 is 0 Å². The molecule has 29 heavy (non-hydrogen) atoms. The van der Waals surface area contributed by atoms with Gasteiger partial charge in [0, 0.05) is 42.8 Å². The predicted molar refractivity (Wildman–Crippen MR) is 121 cm³/mol. The number of rotatable bonds is 3. The molecule has 9 heteroatoms. The maximum atomic E-state index is 12.9. The van der Waals surface area contributed by atoms with Gasteiger partial charge < -0.3 is 9.88 Å². The Morgan fingerprint density at radius 3 is 2.52 bits per heavy atom. The molecule has 0 saturated heterocycles. The second kappa shape index (κ2) is 9.52. The number of carbonyl (C=O) groups is 1. The predicted octanol–water partition coefficient (Wildman–Crippen LogP) is 5.66. The summed E-state index contributed by atoms with van der Waals surface area (Å²) in [5.41, 5.74) is 5.21. The fraction of sp³-hybridized carbons (Fsp3) is 0.450. The summed E-state index contributed by atoms with van der Waals surface area (Å²) in [6.45, 7) is 6.47. The van der Waals surface area contributed by atoms with Gasteiger partial charge in [-0.1, -0.05) is 18.2 Å². The number of likely N-dealkylation sites (N-methyl/N-ethyl adjacent to an activating group) is 1. The molecule has 0 unspecified atom stereocenters. The standard InChI is InChI=1S/C20H25N3O.4ClH.Ti/c1-4-23(5-2)20(24)14-9-16-15-7-6-8-17-19(15)13(11-21-17)10-18(16)22(3)12-14;;;;;/h6-9,11,14,18,21H,4-5,10,12H2,1-3H3;4*1H;/q;;;;;+4/p-4/t14-,18-;;;;;/m1...../s1. The molecule has 2 heterocycles. The van der Waals surface area contributed by atoms with E-state index in [9.17, 15) is 4.79 Å². The molecule has 0 bridgehead atoms. The number of hydrogen-bond acceptors (Lipinski definition) is 2. The van der Waals surface area contributed by atoms with Crippen molar-refractivity contribution in [1.29, 1.82) is 0 Å². The van der Waals surface area contributed by atoms with Crippen molar-refractivity contribution in [2.45, 2.75) is 26.3 Å². The van der Waals surface area contributed by atoms with E-state index >= 15 is 0 Å². The van der Waals surface area contributed by atoms with Gasteiger partial charge in [-0.15, -0.1) is 0 Å². The van der Waals surface area contributed by atoms with Gasteiger partial charge in [0.05, 0.1) is 5.92 Å². The van der Waals surface area contributed by atoms with Crippen LogP contribution in [0.3, 0.4) is 0 Å². The van der Waals surface area contributed by atoms with Crippen LogP contribution in [0, 0.1) is 5.92 Å². The molecule has 2 aliphatic rings. The Labute approximate surface area is 191 Å². The number of carbonyl (C=O) groups excluding carboxylic acids is 1. The van der Waals surface area contributed by atoms with Gasteiger partial charge in [0.25, 0.3) is 0 Å². The van der Waals surface area contributed by atoms with Crippen molar-refractivity contribution < 1.29 is 17.1 Å². The number of fused-ring (bicyclic) bond motifs is 2. The third-order valence-corrected chi connectivity index (χ3v) is 5.66. The number of aromatic nitrogens is 1. The zero-order valence-electron chi connectivity index (χ0n) is 16.7. The van der Waals surface area contributed by atoms with Crippen molar-refractivity contribution in [3.8, 4) is 0 Å². The van der Waals surface area contributed by atoms with E-state index in [-0.39, 0.29) is 11.8 Å². The van der Waals surface area contributed by atoms with Gasteiger partial charge in [0.2, 0.25) is 5.91 Å². The average molecular weight is 513 g/mol. The van der Waals surface area contributed by atoms with Crippen LogP contribution in [0.1, 0.15) is 25.0 Å².